The van der Waals surface area contributed by atoms with Crippen LogP contribution in [0.25, 0.3) is 0 Å². The Morgan fingerprint density at radius 2 is 1.86 bits per heavy atom. The topological polar surface area (TPSA) is 23.6 Å². The summed E-state index contributed by atoms with van der Waals surface area (Å²) in [5.41, 5.74) is 2.79. The van der Waals surface area contributed by atoms with E-state index < -0.39 is 0 Å². The molecule has 0 radical (unpaired) electrons. The first-order chi connectivity index (χ1) is 10.3. The minimum absolute atomic E-state index is 0.180. The fourth-order valence-electron chi connectivity index (χ4n) is 3.48. The van der Waals surface area contributed by atoms with Gasteiger partial charge in [0.1, 0.15) is 0 Å². The zero-order valence-electron chi connectivity index (χ0n) is 12.4. The minimum atomic E-state index is 0.180. The molecule has 0 aromatic heterocycles. The van der Waals surface area contributed by atoms with Crippen LogP contribution in [0.2, 0.25) is 0 Å². The number of fused-ring (bicyclic) bond motifs is 1. The molecule has 3 rings (SSSR count). The number of piperazine rings is 1. The summed E-state index contributed by atoms with van der Waals surface area (Å²) < 4.78 is 0. The number of aryl methyl sites for hydroxylation is 1. The van der Waals surface area contributed by atoms with E-state index in [1.165, 1.54) is 11.1 Å². The van der Waals surface area contributed by atoms with Crippen LogP contribution >= 0.6 is 11.6 Å². The maximum atomic E-state index is 12.7. The highest BCUT2D eigenvalue weighted by Crippen LogP contribution is 2.27. The van der Waals surface area contributed by atoms with Crippen LogP contribution in [0.1, 0.15) is 17.5 Å². The SMILES string of the molecule is O=C(C1CCc2ccccc2C1)N1CCN(CCCl)CC1. The van der Waals surface area contributed by atoms with E-state index in [9.17, 15) is 4.79 Å². The van der Waals surface area contributed by atoms with Crippen LogP contribution in [0.3, 0.4) is 0 Å². The van der Waals surface area contributed by atoms with Crippen molar-refractivity contribution >= 4 is 17.5 Å². The molecule has 0 saturated carbocycles. The van der Waals surface area contributed by atoms with Crippen molar-refractivity contribution in [1.82, 2.24) is 9.80 Å². The maximum Gasteiger partial charge on any atom is 0.226 e. The van der Waals surface area contributed by atoms with Crippen LogP contribution in [0, 0.1) is 5.92 Å². The van der Waals surface area contributed by atoms with Crippen LogP contribution in [-0.4, -0.2) is 54.3 Å². The van der Waals surface area contributed by atoms with E-state index in [4.69, 9.17) is 11.6 Å². The van der Waals surface area contributed by atoms with Gasteiger partial charge in [-0.3, -0.25) is 9.69 Å². The molecule has 1 saturated heterocycles. The van der Waals surface area contributed by atoms with Gasteiger partial charge < -0.3 is 4.90 Å². The predicted octanol–water partition coefficient (Wildman–Crippen LogP) is 2.17. The van der Waals surface area contributed by atoms with Crippen molar-refractivity contribution in [3.05, 3.63) is 35.4 Å². The van der Waals surface area contributed by atoms with Crippen LogP contribution < -0.4 is 0 Å². The molecule has 2 aliphatic rings. The van der Waals surface area contributed by atoms with Gasteiger partial charge in [-0.25, -0.2) is 0 Å². The number of halogens is 1. The quantitative estimate of drug-likeness (QED) is 0.799. The first-order valence-electron chi connectivity index (χ1n) is 7.92. The van der Waals surface area contributed by atoms with Crippen molar-refractivity contribution in [2.75, 3.05) is 38.6 Å². The van der Waals surface area contributed by atoms with Crippen LogP contribution in [0.5, 0.6) is 0 Å². The van der Waals surface area contributed by atoms with Gasteiger partial charge in [-0.2, -0.15) is 0 Å². The Morgan fingerprint density at radius 1 is 1.14 bits per heavy atom. The molecule has 114 valence electrons. The van der Waals surface area contributed by atoms with Gasteiger partial charge in [-0.05, 0) is 30.4 Å². The van der Waals surface area contributed by atoms with Crippen molar-refractivity contribution in [3.8, 4) is 0 Å². The summed E-state index contributed by atoms with van der Waals surface area (Å²) in [6.45, 7) is 4.56. The average Bonchev–Trinajstić information content (AvgIpc) is 2.55. The van der Waals surface area contributed by atoms with Crippen LogP contribution in [-0.2, 0) is 17.6 Å². The van der Waals surface area contributed by atoms with Crippen molar-refractivity contribution in [2.24, 2.45) is 5.92 Å². The molecule has 1 aliphatic heterocycles. The zero-order valence-corrected chi connectivity index (χ0v) is 13.2. The second-order valence-electron chi connectivity index (χ2n) is 6.06. The second kappa shape index (κ2) is 6.80. The van der Waals surface area contributed by atoms with E-state index in [1.807, 2.05) is 0 Å². The summed E-state index contributed by atoms with van der Waals surface area (Å²) in [4.78, 5) is 17.1. The summed E-state index contributed by atoms with van der Waals surface area (Å²) in [5.74, 6) is 1.21. The number of benzene rings is 1. The van der Waals surface area contributed by atoms with Crippen molar-refractivity contribution in [2.45, 2.75) is 19.3 Å². The van der Waals surface area contributed by atoms with Crippen LogP contribution in [0.15, 0.2) is 24.3 Å². The molecule has 1 fully saturated rings. The average molecular weight is 307 g/mol. The van der Waals surface area contributed by atoms with Gasteiger partial charge in [-0.15, -0.1) is 11.6 Å². The normalized spacial score (nSPS) is 22.9. The minimum Gasteiger partial charge on any atom is -0.340 e. The fraction of sp³-hybridized carbons (Fsp3) is 0.588. The van der Waals surface area contributed by atoms with Gasteiger partial charge >= 0.3 is 0 Å². The first kappa shape index (κ1) is 14.9. The summed E-state index contributed by atoms with van der Waals surface area (Å²) in [5, 5.41) is 0. The summed E-state index contributed by atoms with van der Waals surface area (Å²) in [7, 11) is 0. The first-order valence-corrected chi connectivity index (χ1v) is 8.45. The van der Waals surface area contributed by atoms with E-state index >= 15 is 0 Å². The van der Waals surface area contributed by atoms with Gasteiger partial charge in [-0.1, -0.05) is 24.3 Å². The molecule has 4 heteroatoms. The fourth-order valence-corrected chi connectivity index (χ4v) is 3.72. The van der Waals surface area contributed by atoms with Crippen LogP contribution in [0.4, 0.5) is 0 Å². The van der Waals surface area contributed by atoms with Gasteiger partial charge in [0.15, 0.2) is 0 Å². The molecule has 0 bridgehead atoms. The lowest BCUT2D eigenvalue weighted by atomic mass is 9.83. The van der Waals surface area contributed by atoms with Gasteiger partial charge in [0, 0.05) is 44.5 Å². The number of amides is 1. The summed E-state index contributed by atoms with van der Waals surface area (Å²) in [6, 6.07) is 8.54. The van der Waals surface area contributed by atoms with E-state index in [1.54, 1.807) is 0 Å². The molecular weight excluding hydrogens is 284 g/mol. The molecule has 1 aromatic carbocycles. The Hall–Kier alpha value is -1.06. The molecule has 3 nitrogen and oxygen atoms in total. The molecule has 1 aromatic rings. The lowest BCUT2D eigenvalue weighted by Gasteiger charge is -2.37. The Labute approximate surface area is 131 Å². The Balaban J connectivity index is 1.57. The number of nitrogens with zero attached hydrogens (tertiary/aromatic N) is 2. The summed E-state index contributed by atoms with van der Waals surface area (Å²) >= 11 is 5.78. The summed E-state index contributed by atoms with van der Waals surface area (Å²) in [6.07, 6.45) is 2.95. The number of hydrogen-bond donors (Lipinski definition) is 0. The number of alkyl halides is 1. The monoisotopic (exact) mass is 306 g/mol. The molecule has 1 amide bonds. The Bertz CT molecular complexity index is 497. The molecule has 1 aliphatic carbocycles. The van der Waals surface area contributed by atoms with Crippen molar-refractivity contribution < 1.29 is 4.79 Å². The van der Waals surface area contributed by atoms with E-state index in [0.717, 1.165) is 52.0 Å². The van der Waals surface area contributed by atoms with Gasteiger partial charge in [0.05, 0.1) is 0 Å². The highest BCUT2D eigenvalue weighted by Gasteiger charge is 2.29. The third-order valence-corrected chi connectivity index (χ3v) is 4.95. The molecule has 1 unspecified atom stereocenters. The molecule has 1 heterocycles. The Kier molecular flexibility index (Phi) is 4.81. The lowest BCUT2D eigenvalue weighted by Crippen LogP contribution is -2.51. The molecule has 1 atom stereocenters. The zero-order chi connectivity index (χ0) is 14.7. The smallest absolute Gasteiger partial charge is 0.226 e. The van der Waals surface area contributed by atoms with Gasteiger partial charge in [0.2, 0.25) is 5.91 Å². The van der Waals surface area contributed by atoms with E-state index in [0.29, 0.717) is 11.8 Å². The molecular formula is C17H23ClN2O. The molecule has 21 heavy (non-hydrogen) atoms. The third-order valence-electron chi connectivity index (χ3n) is 4.78. The number of carbonyl (C=O) groups excluding carboxylic acids is 1. The lowest BCUT2D eigenvalue weighted by molar-refractivity contribution is -0.137. The standard InChI is InChI=1S/C17H23ClN2O/c18-7-8-19-9-11-20(12-10-19)17(21)16-6-5-14-3-1-2-4-15(14)13-16/h1-4,16H,5-13H2. The Morgan fingerprint density at radius 3 is 2.57 bits per heavy atom. The van der Waals surface area contributed by atoms with E-state index in [2.05, 4.69) is 34.1 Å². The molecule has 0 spiro atoms. The second-order valence-corrected chi connectivity index (χ2v) is 6.44. The van der Waals surface area contributed by atoms with Gasteiger partial charge in [0.25, 0.3) is 0 Å². The number of carbonyl (C=O) groups is 1. The largest absolute Gasteiger partial charge is 0.340 e. The highest BCUT2D eigenvalue weighted by molar-refractivity contribution is 6.18. The predicted molar refractivity (Wildman–Crippen MR) is 85.7 cm³/mol. The third kappa shape index (κ3) is 3.41. The number of rotatable bonds is 3. The maximum absolute atomic E-state index is 12.7. The highest BCUT2D eigenvalue weighted by atomic mass is 35.5. The van der Waals surface area contributed by atoms with Crippen molar-refractivity contribution in [1.29, 1.82) is 0 Å². The molecule has 0 N–H and O–H groups in total. The van der Waals surface area contributed by atoms with Crippen molar-refractivity contribution in [3.63, 3.8) is 0 Å². The van der Waals surface area contributed by atoms with E-state index in [-0.39, 0.29) is 5.92 Å². The number of hydrogen-bond acceptors (Lipinski definition) is 2.